The number of halogens is 1. The Morgan fingerprint density at radius 1 is 1.09 bits per heavy atom. The van der Waals surface area contributed by atoms with Gasteiger partial charge in [0.1, 0.15) is 17.3 Å². The molecule has 1 N–H and O–H groups in total. The summed E-state index contributed by atoms with van der Waals surface area (Å²) in [6, 6.07) is 11.4. The molecule has 0 aromatic heterocycles. The van der Waals surface area contributed by atoms with Crippen LogP contribution in [0.2, 0.25) is 5.02 Å². The van der Waals surface area contributed by atoms with Crippen LogP contribution in [0.25, 0.3) is 5.76 Å². The molecule has 33 heavy (non-hydrogen) atoms. The lowest BCUT2D eigenvalue weighted by molar-refractivity contribution is -0.141. The first-order valence-corrected chi connectivity index (χ1v) is 11.7. The molecule has 2 aromatic rings. The van der Waals surface area contributed by atoms with Crippen LogP contribution in [0.5, 0.6) is 11.5 Å². The molecular formula is C26H28ClNO5. The van der Waals surface area contributed by atoms with Crippen LogP contribution in [0.4, 0.5) is 0 Å². The summed E-state index contributed by atoms with van der Waals surface area (Å²) in [5.74, 6) is -0.390. The number of likely N-dealkylation sites (tertiary alicyclic amines) is 1. The number of aliphatic hydroxyl groups is 1. The quantitative estimate of drug-likeness (QED) is 0.343. The van der Waals surface area contributed by atoms with Crippen LogP contribution in [0.15, 0.2) is 48.0 Å². The highest BCUT2D eigenvalue weighted by molar-refractivity contribution is 6.46. The second-order valence-corrected chi connectivity index (χ2v) is 8.76. The largest absolute Gasteiger partial charge is 0.507 e. The Bertz CT molecular complexity index is 1070. The smallest absolute Gasteiger partial charge is 0.295 e. The van der Waals surface area contributed by atoms with E-state index in [-0.39, 0.29) is 17.4 Å². The van der Waals surface area contributed by atoms with Gasteiger partial charge in [0, 0.05) is 11.6 Å². The molecule has 1 aliphatic carbocycles. The molecule has 1 saturated heterocycles. The Morgan fingerprint density at radius 3 is 2.42 bits per heavy atom. The first kappa shape index (κ1) is 23.2. The number of ether oxygens (including phenoxy) is 2. The fraction of sp³-hybridized carbons (Fsp3) is 0.385. The monoisotopic (exact) mass is 469 g/mol. The van der Waals surface area contributed by atoms with Gasteiger partial charge in [-0.1, -0.05) is 43.0 Å². The fourth-order valence-corrected chi connectivity index (χ4v) is 4.94. The minimum Gasteiger partial charge on any atom is -0.507 e. The molecule has 1 atom stereocenters. The number of hydrogen-bond acceptors (Lipinski definition) is 5. The Labute approximate surface area is 198 Å². The summed E-state index contributed by atoms with van der Waals surface area (Å²) < 4.78 is 10.8. The van der Waals surface area contributed by atoms with Crippen molar-refractivity contribution < 1.29 is 24.2 Å². The zero-order valence-corrected chi connectivity index (χ0v) is 19.6. The third kappa shape index (κ3) is 4.44. The summed E-state index contributed by atoms with van der Waals surface area (Å²) in [5.41, 5.74) is 1.21. The molecule has 2 fully saturated rings. The summed E-state index contributed by atoms with van der Waals surface area (Å²) >= 11 is 6.21. The second kappa shape index (κ2) is 9.87. The normalized spacial score (nSPS) is 20.8. The Hall–Kier alpha value is -2.99. The van der Waals surface area contributed by atoms with E-state index >= 15 is 0 Å². The predicted octanol–water partition coefficient (Wildman–Crippen LogP) is 5.50. The molecule has 0 spiro atoms. The van der Waals surface area contributed by atoms with Gasteiger partial charge in [-0.2, -0.15) is 0 Å². The molecule has 174 valence electrons. The van der Waals surface area contributed by atoms with Crippen LogP contribution in [0, 0.1) is 0 Å². The van der Waals surface area contributed by atoms with Crippen LogP contribution in [-0.2, 0) is 9.59 Å². The third-order valence-corrected chi connectivity index (χ3v) is 6.70. The summed E-state index contributed by atoms with van der Waals surface area (Å²) in [7, 11) is 1.58. The average molecular weight is 470 g/mol. The van der Waals surface area contributed by atoms with Crippen LogP contribution >= 0.6 is 11.6 Å². The van der Waals surface area contributed by atoms with E-state index in [9.17, 15) is 14.7 Å². The number of hydrogen-bond donors (Lipinski definition) is 1. The minimum atomic E-state index is -0.676. The van der Waals surface area contributed by atoms with Gasteiger partial charge in [0.15, 0.2) is 0 Å². The van der Waals surface area contributed by atoms with Crippen molar-refractivity contribution in [2.24, 2.45) is 0 Å². The van der Waals surface area contributed by atoms with Gasteiger partial charge >= 0.3 is 0 Å². The Balaban J connectivity index is 1.85. The number of methoxy groups -OCH3 is 1. The topological polar surface area (TPSA) is 76.1 Å². The van der Waals surface area contributed by atoms with Gasteiger partial charge in [-0.05, 0) is 55.7 Å². The van der Waals surface area contributed by atoms with Crippen molar-refractivity contribution in [1.29, 1.82) is 0 Å². The predicted molar refractivity (Wildman–Crippen MR) is 127 cm³/mol. The minimum absolute atomic E-state index is 0.0446. The lowest BCUT2D eigenvalue weighted by Crippen LogP contribution is -2.40. The summed E-state index contributed by atoms with van der Waals surface area (Å²) in [5, 5.41) is 11.7. The summed E-state index contributed by atoms with van der Waals surface area (Å²) in [6.07, 6.45) is 4.83. The van der Waals surface area contributed by atoms with Crippen molar-refractivity contribution >= 4 is 29.1 Å². The maximum absolute atomic E-state index is 13.3. The third-order valence-electron chi connectivity index (χ3n) is 6.38. The van der Waals surface area contributed by atoms with Crippen LogP contribution in [0.1, 0.15) is 56.2 Å². The molecule has 1 heterocycles. The number of aliphatic hydroxyl groups excluding tert-OH is 1. The van der Waals surface area contributed by atoms with Gasteiger partial charge in [-0.15, -0.1) is 0 Å². The molecule has 1 aliphatic heterocycles. The van der Waals surface area contributed by atoms with Gasteiger partial charge < -0.3 is 19.5 Å². The highest BCUT2D eigenvalue weighted by atomic mass is 35.5. The van der Waals surface area contributed by atoms with E-state index in [0.717, 1.165) is 37.7 Å². The first-order valence-electron chi connectivity index (χ1n) is 11.3. The molecule has 4 rings (SSSR count). The van der Waals surface area contributed by atoms with E-state index in [4.69, 9.17) is 21.1 Å². The van der Waals surface area contributed by atoms with E-state index in [1.807, 2.05) is 19.1 Å². The maximum atomic E-state index is 13.3. The summed E-state index contributed by atoms with van der Waals surface area (Å²) in [6.45, 7) is 2.24. The number of rotatable bonds is 6. The average Bonchev–Trinajstić information content (AvgIpc) is 3.11. The fourth-order valence-electron chi connectivity index (χ4n) is 4.77. The SMILES string of the molecule is CCOc1cc(/C(O)=C2/C(=O)C(=O)N(C3CCCCC3)C2c2ccc(OC)cc2)ccc1Cl. The number of benzene rings is 2. The number of ketones is 1. The zero-order chi connectivity index (χ0) is 23.5. The molecular weight excluding hydrogens is 442 g/mol. The van der Waals surface area contributed by atoms with Crippen LogP contribution in [0.3, 0.4) is 0 Å². The van der Waals surface area contributed by atoms with E-state index in [1.54, 1.807) is 42.3 Å². The lowest BCUT2D eigenvalue weighted by atomic mass is 9.91. The molecule has 1 saturated carbocycles. The van der Waals surface area contributed by atoms with Gasteiger partial charge in [0.25, 0.3) is 11.7 Å². The maximum Gasteiger partial charge on any atom is 0.295 e. The lowest BCUT2D eigenvalue weighted by Gasteiger charge is -2.35. The molecule has 2 aromatic carbocycles. The van der Waals surface area contributed by atoms with E-state index in [0.29, 0.717) is 28.7 Å². The molecule has 7 heteroatoms. The highest BCUT2D eigenvalue weighted by Gasteiger charge is 2.48. The van der Waals surface area contributed by atoms with E-state index < -0.39 is 17.7 Å². The van der Waals surface area contributed by atoms with Crippen molar-refractivity contribution in [2.45, 2.75) is 51.1 Å². The van der Waals surface area contributed by atoms with Gasteiger partial charge in [0.2, 0.25) is 0 Å². The van der Waals surface area contributed by atoms with E-state index in [1.165, 1.54) is 0 Å². The molecule has 2 aliphatic rings. The Kier molecular flexibility index (Phi) is 6.94. The van der Waals surface area contributed by atoms with Crippen molar-refractivity contribution in [3.8, 4) is 11.5 Å². The molecule has 6 nitrogen and oxygen atoms in total. The molecule has 0 bridgehead atoms. The summed E-state index contributed by atoms with van der Waals surface area (Å²) in [4.78, 5) is 28.2. The van der Waals surface area contributed by atoms with Crippen LogP contribution < -0.4 is 9.47 Å². The molecule has 1 amide bonds. The van der Waals surface area contributed by atoms with Gasteiger partial charge in [0.05, 0.1) is 30.4 Å². The number of carbonyl (C=O) groups excluding carboxylic acids is 2. The number of carbonyl (C=O) groups is 2. The van der Waals surface area contributed by atoms with Gasteiger partial charge in [-0.3, -0.25) is 9.59 Å². The number of nitrogens with zero attached hydrogens (tertiary/aromatic N) is 1. The van der Waals surface area contributed by atoms with Gasteiger partial charge in [-0.25, -0.2) is 0 Å². The molecule has 0 radical (unpaired) electrons. The van der Waals surface area contributed by atoms with E-state index in [2.05, 4.69) is 0 Å². The van der Waals surface area contributed by atoms with Crippen molar-refractivity contribution in [2.75, 3.05) is 13.7 Å². The first-order chi connectivity index (χ1) is 16.0. The number of Topliss-reactive ketones (excluding diaryl/α,β-unsaturated/α-hetero) is 1. The van der Waals surface area contributed by atoms with Crippen molar-refractivity contribution in [3.05, 3.63) is 64.2 Å². The number of amides is 1. The molecule has 1 unspecified atom stereocenters. The van der Waals surface area contributed by atoms with Crippen molar-refractivity contribution in [1.82, 2.24) is 4.90 Å². The Morgan fingerprint density at radius 2 is 1.79 bits per heavy atom. The highest BCUT2D eigenvalue weighted by Crippen LogP contribution is 2.43. The van der Waals surface area contributed by atoms with Crippen molar-refractivity contribution in [3.63, 3.8) is 0 Å². The second-order valence-electron chi connectivity index (χ2n) is 8.35. The zero-order valence-electron chi connectivity index (χ0n) is 18.8. The standard InChI is InChI=1S/C26H28ClNO5/c1-3-33-21-15-17(11-14-20(21)27)24(29)22-23(16-9-12-19(32-2)13-10-16)28(26(31)25(22)30)18-7-5-4-6-8-18/h9-15,18,23,29H,3-8H2,1-2H3/b24-22-. The van der Waals surface area contributed by atoms with Crippen LogP contribution in [-0.4, -0.2) is 41.5 Å².